The average molecular weight is 473 g/mol. The van der Waals surface area contributed by atoms with Gasteiger partial charge in [0.25, 0.3) is 0 Å². The van der Waals surface area contributed by atoms with E-state index in [9.17, 15) is 14.4 Å². The summed E-state index contributed by atoms with van der Waals surface area (Å²) in [5.74, 6) is -1.35. The van der Waals surface area contributed by atoms with Gasteiger partial charge in [-0.3, -0.25) is 9.59 Å². The summed E-state index contributed by atoms with van der Waals surface area (Å²) in [5.41, 5.74) is 5.47. The zero-order chi connectivity index (χ0) is 24.6. The maximum atomic E-state index is 12.6. The van der Waals surface area contributed by atoms with Gasteiger partial charge in [-0.05, 0) is 34.2 Å². The molecule has 0 heterocycles. The van der Waals surface area contributed by atoms with Crippen molar-refractivity contribution in [2.45, 2.75) is 25.3 Å². The fraction of sp³-hybridized carbons (Fsp3) is 0.250. The van der Waals surface area contributed by atoms with Crippen molar-refractivity contribution >= 4 is 18.0 Å². The molecule has 0 bridgehead atoms. The molecule has 0 fully saturated rings. The van der Waals surface area contributed by atoms with E-state index in [0.29, 0.717) is 6.42 Å². The third kappa shape index (κ3) is 6.06. The Balaban J connectivity index is 1.24. The van der Waals surface area contributed by atoms with Crippen molar-refractivity contribution in [2.75, 3.05) is 19.7 Å². The summed E-state index contributed by atoms with van der Waals surface area (Å²) < 4.78 is 5.50. The first-order valence-electron chi connectivity index (χ1n) is 11.7. The summed E-state index contributed by atoms with van der Waals surface area (Å²) >= 11 is 0. The first kappa shape index (κ1) is 24.0. The number of benzene rings is 3. The highest BCUT2D eigenvalue weighted by Crippen LogP contribution is 2.44. The second-order valence-electron chi connectivity index (χ2n) is 8.49. The molecule has 2 N–H and O–H groups in total. The number of alkyl carbamates (subject to hydrolysis) is 1. The van der Waals surface area contributed by atoms with Crippen molar-refractivity contribution in [1.82, 2.24) is 10.2 Å². The van der Waals surface area contributed by atoms with Gasteiger partial charge in [0.2, 0.25) is 5.91 Å². The van der Waals surface area contributed by atoms with E-state index in [4.69, 9.17) is 9.84 Å². The van der Waals surface area contributed by atoms with Crippen LogP contribution in [0.3, 0.4) is 0 Å². The molecule has 0 unspecified atom stereocenters. The standard InChI is InChI=1S/C28H28N2O5/c31-26(30(18-27(32)33)17-20-9-2-1-3-10-20)15-8-16-29-28(34)35-19-25-23-13-6-4-11-21(23)22-12-5-7-14-24(22)25/h1-7,9-14,25H,8,15-19H2,(H,29,34)(H,32,33). The Labute approximate surface area is 204 Å². The van der Waals surface area contributed by atoms with E-state index in [-0.39, 0.29) is 44.5 Å². The number of rotatable bonds is 10. The predicted molar refractivity (Wildman–Crippen MR) is 132 cm³/mol. The van der Waals surface area contributed by atoms with Crippen LogP contribution < -0.4 is 5.32 Å². The molecule has 7 heteroatoms. The Morgan fingerprint density at radius 3 is 2.09 bits per heavy atom. The Morgan fingerprint density at radius 2 is 1.46 bits per heavy atom. The van der Waals surface area contributed by atoms with Crippen LogP contribution in [0.2, 0.25) is 0 Å². The van der Waals surface area contributed by atoms with Gasteiger partial charge in [-0.1, -0.05) is 78.9 Å². The number of hydrogen-bond acceptors (Lipinski definition) is 4. The summed E-state index contributed by atoms with van der Waals surface area (Å²) in [5, 5.41) is 11.9. The van der Waals surface area contributed by atoms with Gasteiger partial charge < -0.3 is 20.1 Å². The number of ether oxygens (including phenoxy) is 1. The molecule has 7 nitrogen and oxygen atoms in total. The lowest BCUT2D eigenvalue weighted by molar-refractivity contribution is -0.144. The van der Waals surface area contributed by atoms with Gasteiger partial charge >= 0.3 is 12.1 Å². The predicted octanol–water partition coefficient (Wildman–Crippen LogP) is 4.42. The lowest BCUT2D eigenvalue weighted by atomic mass is 9.98. The monoisotopic (exact) mass is 472 g/mol. The molecule has 4 rings (SSSR count). The van der Waals surface area contributed by atoms with Gasteiger partial charge in [-0.15, -0.1) is 0 Å². The number of carbonyl (C=O) groups excluding carboxylic acids is 2. The van der Waals surface area contributed by atoms with Crippen molar-refractivity contribution in [2.24, 2.45) is 0 Å². The number of nitrogens with one attached hydrogen (secondary N) is 1. The summed E-state index contributed by atoms with van der Waals surface area (Å²) in [6.45, 7) is 0.343. The minimum atomic E-state index is -1.06. The molecular formula is C28H28N2O5. The maximum absolute atomic E-state index is 12.6. The fourth-order valence-corrected chi connectivity index (χ4v) is 4.44. The molecule has 180 valence electrons. The van der Waals surface area contributed by atoms with Crippen LogP contribution in [-0.4, -0.2) is 47.7 Å². The number of carbonyl (C=O) groups is 3. The molecule has 1 aliphatic carbocycles. The maximum Gasteiger partial charge on any atom is 0.407 e. The largest absolute Gasteiger partial charge is 0.480 e. The van der Waals surface area contributed by atoms with Gasteiger partial charge in [-0.2, -0.15) is 0 Å². The normalized spacial score (nSPS) is 11.9. The molecule has 3 aromatic carbocycles. The van der Waals surface area contributed by atoms with E-state index >= 15 is 0 Å². The third-order valence-corrected chi connectivity index (χ3v) is 6.08. The highest BCUT2D eigenvalue weighted by molar-refractivity contribution is 5.81. The Bertz CT molecular complexity index is 1150. The summed E-state index contributed by atoms with van der Waals surface area (Å²) in [4.78, 5) is 37.4. The highest BCUT2D eigenvalue weighted by atomic mass is 16.5. The van der Waals surface area contributed by atoms with Crippen LogP contribution in [0.4, 0.5) is 4.79 Å². The quantitative estimate of drug-likeness (QED) is 0.426. The Hall–Kier alpha value is -4.13. The van der Waals surface area contributed by atoms with E-state index in [1.54, 1.807) is 0 Å². The number of aliphatic carboxylic acids is 1. The van der Waals surface area contributed by atoms with Gasteiger partial charge in [0.1, 0.15) is 13.2 Å². The van der Waals surface area contributed by atoms with Crippen molar-refractivity contribution < 1.29 is 24.2 Å². The van der Waals surface area contributed by atoms with Crippen LogP contribution in [0.1, 0.15) is 35.4 Å². The average Bonchev–Trinajstić information content (AvgIpc) is 3.19. The van der Waals surface area contributed by atoms with Crippen molar-refractivity contribution in [3.8, 4) is 11.1 Å². The van der Waals surface area contributed by atoms with E-state index in [0.717, 1.165) is 27.8 Å². The number of nitrogens with zero attached hydrogens (tertiary/aromatic N) is 1. The van der Waals surface area contributed by atoms with Crippen LogP contribution in [-0.2, 0) is 20.9 Å². The van der Waals surface area contributed by atoms with Crippen LogP contribution in [0.5, 0.6) is 0 Å². The molecule has 0 aliphatic heterocycles. The lowest BCUT2D eigenvalue weighted by Crippen LogP contribution is -2.35. The van der Waals surface area contributed by atoms with Crippen molar-refractivity contribution in [1.29, 1.82) is 0 Å². The van der Waals surface area contributed by atoms with Gasteiger partial charge in [-0.25, -0.2) is 4.79 Å². The summed E-state index contributed by atoms with van der Waals surface area (Å²) in [7, 11) is 0. The van der Waals surface area contributed by atoms with E-state index in [1.807, 2.05) is 54.6 Å². The first-order valence-corrected chi connectivity index (χ1v) is 11.7. The molecule has 35 heavy (non-hydrogen) atoms. The number of fused-ring (bicyclic) bond motifs is 3. The number of hydrogen-bond donors (Lipinski definition) is 2. The zero-order valence-electron chi connectivity index (χ0n) is 19.4. The molecule has 0 radical (unpaired) electrons. The van der Waals surface area contributed by atoms with E-state index in [2.05, 4.69) is 29.6 Å². The number of carboxylic acid groups (broad SMARTS) is 1. The molecule has 0 spiro atoms. The molecule has 0 saturated heterocycles. The molecule has 1 aliphatic rings. The molecular weight excluding hydrogens is 444 g/mol. The molecule has 3 aromatic rings. The minimum absolute atomic E-state index is 0.0164. The zero-order valence-corrected chi connectivity index (χ0v) is 19.4. The molecule has 2 amide bonds. The molecule has 0 saturated carbocycles. The first-order chi connectivity index (χ1) is 17.0. The van der Waals surface area contributed by atoms with Crippen molar-refractivity contribution in [3.63, 3.8) is 0 Å². The SMILES string of the molecule is O=C(O)CN(Cc1ccccc1)C(=O)CCCNC(=O)OCC1c2ccccc2-c2ccccc21. The molecule has 0 atom stereocenters. The van der Waals surface area contributed by atoms with Crippen LogP contribution in [0.25, 0.3) is 11.1 Å². The van der Waals surface area contributed by atoms with Crippen molar-refractivity contribution in [3.05, 3.63) is 95.6 Å². The van der Waals surface area contributed by atoms with Gasteiger partial charge in [0.05, 0.1) is 0 Å². The number of amides is 2. The van der Waals surface area contributed by atoms with Crippen LogP contribution >= 0.6 is 0 Å². The second-order valence-corrected chi connectivity index (χ2v) is 8.49. The fourth-order valence-electron chi connectivity index (χ4n) is 4.44. The topological polar surface area (TPSA) is 95.9 Å². The smallest absolute Gasteiger partial charge is 0.407 e. The second kappa shape index (κ2) is 11.3. The van der Waals surface area contributed by atoms with E-state index < -0.39 is 12.1 Å². The van der Waals surface area contributed by atoms with Crippen LogP contribution in [0.15, 0.2) is 78.9 Å². The lowest BCUT2D eigenvalue weighted by Gasteiger charge is -2.21. The summed E-state index contributed by atoms with van der Waals surface area (Å²) in [6.07, 6.45) is -0.0245. The summed E-state index contributed by atoms with van der Waals surface area (Å²) in [6, 6.07) is 25.5. The Kier molecular flexibility index (Phi) is 7.77. The minimum Gasteiger partial charge on any atom is -0.480 e. The molecule has 0 aromatic heterocycles. The highest BCUT2D eigenvalue weighted by Gasteiger charge is 2.29. The Morgan fingerprint density at radius 1 is 0.857 bits per heavy atom. The van der Waals surface area contributed by atoms with Gasteiger partial charge in [0, 0.05) is 25.4 Å². The number of carboxylic acids is 1. The van der Waals surface area contributed by atoms with Gasteiger partial charge in [0.15, 0.2) is 0 Å². The third-order valence-electron chi connectivity index (χ3n) is 6.08. The van der Waals surface area contributed by atoms with E-state index in [1.165, 1.54) is 4.90 Å². The van der Waals surface area contributed by atoms with Crippen LogP contribution in [0, 0.1) is 0 Å².